The van der Waals surface area contributed by atoms with Crippen LogP contribution in [0.4, 0.5) is 5.82 Å². The van der Waals surface area contributed by atoms with Gasteiger partial charge in [0.2, 0.25) is 0 Å². The second-order valence-corrected chi connectivity index (χ2v) is 5.01. The van der Waals surface area contributed by atoms with E-state index < -0.39 is 0 Å². The first-order valence-electron chi connectivity index (χ1n) is 6.00. The Hall–Kier alpha value is -1.16. The SMILES string of the molecule is OCC1(CNc2ncnc3c2CCC3)CC1. The third-order valence-electron chi connectivity index (χ3n) is 3.80. The maximum absolute atomic E-state index is 9.26. The van der Waals surface area contributed by atoms with Crippen molar-refractivity contribution in [3.05, 3.63) is 17.6 Å². The molecule has 16 heavy (non-hydrogen) atoms. The van der Waals surface area contributed by atoms with E-state index in [4.69, 9.17) is 0 Å². The van der Waals surface area contributed by atoms with E-state index in [1.165, 1.54) is 17.7 Å². The summed E-state index contributed by atoms with van der Waals surface area (Å²) < 4.78 is 0. The topological polar surface area (TPSA) is 58.0 Å². The van der Waals surface area contributed by atoms with Gasteiger partial charge in [-0.3, -0.25) is 0 Å². The van der Waals surface area contributed by atoms with E-state index in [2.05, 4.69) is 15.3 Å². The van der Waals surface area contributed by atoms with Crippen LogP contribution in [0.2, 0.25) is 0 Å². The summed E-state index contributed by atoms with van der Waals surface area (Å²) in [5, 5.41) is 12.6. The minimum Gasteiger partial charge on any atom is -0.396 e. The predicted molar refractivity (Wildman–Crippen MR) is 61.3 cm³/mol. The molecule has 0 bridgehead atoms. The highest BCUT2D eigenvalue weighted by atomic mass is 16.3. The monoisotopic (exact) mass is 219 g/mol. The summed E-state index contributed by atoms with van der Waals surface area (Å²) in [5.74, 6) is 0.988. The number of hydrogen-bond donors (Lipinski definition) is 2. The second-order valence-electron chi connectivity index (χ2n) is 5.01. The van der Waals surface area contributed by atoms with Crippen molar-refractivity contribution in [2.24, 2.45) is 5.41 Å². The first-order valence-corrected chi connectivity index (χ1v) is 6.00. The average molecular weight is 219 g/mol. The van der Waals surface area contributed by atoms with Gasteiger partial charge in [0, 0.05) is 23.2 Å². The van der Waals surface area contributed by atoms with Gasteiger partial charge in [0.25, 0.3) is 0 Å². The fourth-order valence-corrected chi connectivity index (χ4v) is 2.35. The molecule has 0 atom stereocenters. The standard InChI is InChI=1S/C12H17N3O/c16-7-12(4-5-12)6-13-11-9-2-1-3-10(9)14-8-15-11/h8,16H,1-7H2,(H,13,14,15). The highest BCUT2D eigenvalue weighted by molar-refractivity contribution is 5.48. The fraction of sp³-hybridized carbons (Fsp3) is 0.667. The lowest BCUT2D eigenvalue weighted by atomic mass is 10.1. The van der Waals surface area contributed by atoms with Crippen molar-refractivity contribution >= 4 is 5.82 Å². The summed E-state index contributed by atoms with van der Waals surface area (Å²) in [7, 11) is 0. The lowest BCUT2D eigenvalue weighted by Crippen LogP contribution is -2.20. The first kappa shape index (κ1) is 10.0. The normalized spacial score (nSPS) is 20.6. The number of aryl methyl sites for hydroxylation is 1. The summed E-state index contributed by atoms with van der Waals surface area (Å²) in [6.45, 7) is 1.13. The molecule has 1 aromatic heterocycles. The minimum atomic E-state index is 0.135. The molecule has 0 radical (unpaired) electrons. The van der Waals surface area contributed by atoms with Crippen LogP contribution >= 0.6 is 0 Å². The number of anilines is 1. The van der Waals surface area contributed by atoms with Crippen LogP contribution in [0.15, 0.2) is 6.33 Å². The summed E-state index contributed by atoms with van der Waals surface area (Å²) in [6, 6.07) is 0. The molecule has 4 heteroatoms. The number of hydrogen-bond acceptors (Lipinski definition) is 4. The molecule has 4 nitrogen and oxygen atoms in total. The molecule has 3 rings (SSSR count). The molecule has 1 aromatic rings. The summed E-state index contributed by atoms with van der Waals surface area (Å²) >= 11 is 0. The summed E-state index contributed by atoms with van der Waals surface area (Å²) in [6.07, 6.45) is 7.26. The third kappa shape index (κ3) is 1.67. The van der Waals surface area contributed by atoms with E-state index in [-0.39, 0.29) is 12.0 Å². The zero-order valence-electron chi connectivity index (χ0n) is 9.37. The van der Waals surface area contributed by atoms with Gasteiger partial charge < -0.3 is 10.4 Å². The Bertz CT molecular complexity index is 401. The first-order chi connectivity index (χ1) is 7.83. The van der Waals surface area contributed by atoms with Crippen LogP contribution in [0.1, 0.15) is 30.5 Å². The van der Waals surface area contributed by atoms with Gasteiger partial charge in [0.1, 0.15) is 12.1 Å². The molecule has 2 N–H and O–H groups in total. The molecular formula is C12H17N3O. The van der Waals surface area contributed by atoms with Gasteiger partial charge in [-0.05, 0) is 32.1 Å². The number of aromatic nitrogens is 2. The van der Waals surface area contributed by atoms with Gasteiger partial charge in [0.05, 0.1) is 6.61 Å². The molecule has 2 aliphatic rings. The molecule has 0 spiro atoms. The molecule has 0 saturated heterocycles. The maximum Gasteiger partial charge on any atom is 0.132 e. The van der Waals surface area contributed by atoms with Crippen molar-refractivity contribution in [2.75, 3.05) is 18.5 Å². The minimum absolute atomic E-state index is 0.135. The van der Waals surface area contributed by atoms with E-state index in [0.717, 1.165) is 38.0 Å². The van der Waals surface area contributed by atoms with Crippen molar-refractivity contribution in [2.45, 2.75) is 32.1 Å². The lowest BCUT2D eigenvalue weighted by molar-refractivity contribution is 0.219. The molecule has 0 aliphatic heterocycles. The van der Waals surface area contributed by atoms with Crippen LogP contribution in [0, 0.1) is 5.41 Å². The quantitative estimate of drug-likeness (QED) is 0.797. The third-order valence-corrected chi connectivity index (χ3v) is 3.80. The number of aliphatic hydroxyl groups excluding tert-OH is 1. The Kier molecular flexibility index (Phi) is 2.32. The van der Waals surface area contributed by atoms with Gasteiger partial charge in [-0.25, -0.2) is 9.97 Å². The second kappa shape index (κ2) is 3.70. The molecule has 0 aromatic carbocycles. The van der Waals surface area contributed by atoms with E-state index in [9.17, 15) is 5.11 Å². The summed E-state index contributed by atoms with van der Waals surface area (Å²) in [5.41, 5.74) is 2.62. The van der Waals surface area contributed by atoms with E-state index in [1.807, 2.05) is 0 Å². The van der Waals surface area contributed by atoms with E-state index >= 15 is 0 Å². The smallest absolute Gasteiger partial charge is 0.132 e. The van der Waals surface area contributed by atoms with Crippen molar-refractivity contribution in [1.82, 2.24) is 9.97 Å². The zero-order valence-corrected chi connectivity index (χ0v) is 9.37. The molecule has 0 amide bonds. The average Bonchev–Trinajstić information content (AvgIpc) is 2.94. The Morgan fingerprint density at radius 2 is 2.19 bits per heavy atom. The highest BCUT2D eigenvalue weighted by Crippen LogP contribution is 2.45. The molecule has 1 heterocycles. The molecule has 2 aliphatic carbocycles. The molecule has 0 unspecified atom stereocenters. The fourth-order valence-electron chi connectivity index (χ4n) is 2.35. The van der Waals surface area contributed by atoms with Crippen LogP contribution in [0.25, 0.3) is 0 Å². The van der Waals surface area contributed by atoms with Crippen LogP contribution in [0.3, 0.4) is 0 Å². The number of aliphatic hydroxyl groups is 1. The van der Waals surface area contributed by atoms with Crippen LogP contribution < -0.4 is 5.32 Å². The molecule has 1 saturated carbocycles. The zero-order chi connectivity index (χ0) is 11.0. The van der Waals surface area contributed by atoms with E-state index in [1.54, 1.807) is 6.33 Å². The molecular weight excluding hydrogens is 202 g/mol. The lowest BCUT2D eigenvalue weighted by Gasteiger charge is -2.14. The van der Waals surface area contributed by atoms with Crippen molar-refractivity contribution < 1.29 is 5.11 Å². The van der Waals surface area contributed by atoms with Crippen LogP contribution in [-0.4, -0.2) is 28.2 Å². The molecule has 86 valence electrons. The van der Waals surface area contributed by atoms with E-state index in [0.29, 0.717) is 0 Å². The Morgan fingerprint density at radius 3 is 2.94 bits per heavy atom. The number of nitrogens with one attached hydrogen (secondary N) is 1. The maximum atomic E-state index is 9.26. The summed E-state index contributed by atoms with van der Waals surface area (Å²) in [4.78, 5) is 8.61. The number of fused-ring (bicyclic) bond motifs is 1. The number of nitrogens with zero attached hydrogens (tertiary/aromatic N) is 2. The Labute approximate surface area is 95.1 Å². The van der Waals surface area contributed by atoms with Crippen LogP contribution in [0.5, 0.6) is 0 Å². The predicted octanol–water partition coefficient (Wildman–Crippen LogP) is 1.15. The van der Waals surface area contributed by atoms with Gasteiger partial charge >= 0.3 is 0 Å². The number of rotatable bonds is 4. The van der Waals surface area contributed by atoms with Crippen molar-refractivity contribution in [1.29, 1.82) is 0 Å². The Morgan fingerprint density at radius 1 is 1.31 bits per heavy atom. The van der Waals surface area contributed by atoms with Crippen molar-refractivity contribution in [3.8, 4) is 0 Å². The van der Waals surface area contributed by atoms with Crippen LogP contribution in [-0.2, 0) is 12.8 Å². The van der Waals surface area contributed by atoms with Crippen molar-refractivity contribution in [3.63, 3.8) is 0 Å². The van der Waals surface area contributed by atoms with Gasteiger partial charge in [-0.1, -0.05) is 0 Å². The van der Waals surface area contributed by atoms with Gasteiger partial charge in [-0.15, -0.1) is 0 Å². The van der Waals surface area contributed by atoms with Gasteiger partial charge in [-0.2, -0.15) is 0 Å². The highest BCUT2D eigenvalue weighted by Gasteiger charge is 2.41. The van der Waals surface area contributed by atoms with Gasteiger partial charge in [0.15, 0.2) is 0 Å². The molecule has 1 fully saturated rings. The largest absolute Gasteiger partial charge is 0.396 e. The Balaban J connectivity index is 1.73.